The highest BCUT2D eigenvalue weighted by Gasteiger charge is 2.28. The molecule has 548 valence electrons. The van der Waals surface area contributed by atoms with Gasteiger partial charge < -0.3 is 8.83 Å². The summed E-state index contributed by atoms with van der Waals surface area (Å²) in [6, 6.07) is 126. The van der Waals surface area contributed by atoms with Crippen LogP contribution in [0.2, 0.25) is 0 Å². The Bertz CT molecular complexity index is 8970. The average Bonchev–Trinajstić information content (AvgIpc) is 1.55. The third-order valence-corrected chi connectivity index (χ3v) is 28.7. The maximum Gasteiger partial charge on any atom is 0.235 e. The summed E-state index contributed by atoms with van der Waals surface area (Å²) in [6.07, 6.45) is 0. The van der Waals surface area contributed by atoms with Gasteiger partial charge in [0.1, 0.15) is 22.3 Å². The molecule has 0 aliphatic heterocycles. The molecule has 0 atom stereocenters. The zero-order valence-electron chi connectivity index (χ0n) is 62.6. The van der Waals surface area contributed by atoms with E-state index in [1.807, 2.05) is 22.7 Å². The van der Waals surface area contributed by atoms with Crippen molar-refractivity contribution in [2.45, 2.75) is 0 Å². The Balaban J connectivity index is 0.000000129. The molecule has 0 saturated carbocycles. The van der Waals surface area contributed by atoms with Gasteiger partial charge >= 0.3 is 0 Å². The summed E-state index contributed by atoms with van der Waals surface area (Å²) < 4.78 is 28.5. The molecule has 0 N–H and O–H groups in total. The Kier molecular flexibility index (Phi) is 14.2. The second-order valence-electron chi connectivity index (χ2n) is 30.5. The third-order valence-electron chi connectivity index (χ3n) is 24.1. The molecule has 0 unspecified atom stereocenters. The molecule has 0 bridgehead atoms. The van der Waals surface area contributed by atoms with Crippen molar-refractivity contribution >= 4 is 235 Å². The number of nitrogens with zero attached hydrogens (tertiary/aromatic N) is 6. The molecule has 27 rings (SSSR count). The number of fused-ring (bicyclic) bond motifs is 30. The van der Waals surface area contributed by atoms with Crippen LogP contribution in [0.4, 0.5) is 0 Å². The van der Waals surface area contributed by atoms with Crippen LogP contribution in [0.5, 0.6) is 0 Å². The predicted octanol–water partition coefficient (Wildman–Crippen LogP) is 31.1. The highest BCUT2D eigenvalue weighted by molar-refractivity contribution is 7.27. The molecule has 27 aromatic rings. The summed E-state index contributed by atoms with van der Waals surface area (Å²) in [7, 11) is 0. The van der Waals surface area contributed by atoms with Crippen LogP contribution in [0.25, 0.3) is 258 Å². The summed E-state index contributed by atoms with van der Waals surface area (Å²) in [5.74, 6) is 1.28. The largest absolute Gasteiger partial charge is 0.455 e. The van der Waals surface area contributed by atoms with Crippen molar-refractivity contribution in [2.75, 3.05) is 0 Å². The normalized spacial score (nSPS) is 12.2. The SMILES string of the molecule is c1ccc(-c2ccc(-c3nc(-n4c5ccccc5c5c6oc7cc(-c8ccc9sc%10ccccc%10c9c8)c8ccccc8c7c6ccc54)nc4c3sc3ccccc34)cc2)cc1.c1ccc(-c2nc(-n3c4ccccc4c4c5oc6cc(-c7ccc8sc9ccccc9c8c7)c7ccccc7c6c5ccc43)nc3c2sc2ccccc23)cc1. The first-order chi connectivity index (χ1) is 58.5. The summed E-state index contributed by atoms with van der Waals surface area (Å²) in [5.41, 5.74) is 20.5. The van der Waals surface area contributed by atoms with Gasteiger partial charge in [0.2, 0.25) is 11.9 Å². The smallest absolute Gasteiger partial charge is 0.235 e. The van der Waals surface area contributed by atoms with Gasteiger partial charge in [-0.25, -0.2) is 19.9 Å². The maximum atomic E-state index is 7.14. The van der Waals surface area contributed by atoms with Gasteiger partial charge in [0, 0.05) is 104 Å². The van der Waals surface area contributed by atoms with Gasteiger partial charge in [-0.1, -0.05) is 255 Å². The van der Waals surface area contributed by atoms with Gasteiger partial charge in [-0.2, -0.15) is 0 Å². The van der Waals surface area contributed by atoms with Crippen molar-refractivity contribution in [1.82, 2.24) is 29.1 Å². The quantitative estimate of drug-likeness (QED) is 0.158. The Morgan fingerprint density at radius 3 is 1.01 bits per heavy atom. The van der Waals surface area contributed by atoms with E-state index < -0.39 is 0 Å². The molecule has 10 heterocycles. The van der Waals surface area contributed by atoms with Crippen LogP contribution in [-0.4, -0.2) is 29.1 Å². The highest BCUT2D eigenvalue weighted by atomic mass is 32.1. The minimum Gasteiger partial charge on any atom is -0.455 e. The number of aromatic nitrogens is 6. The average molecular weight is 1580 g/mol. The van der Waals surface area contributed by atoms with Crippen LogP contribution in [0.3, 0.4) is 0 Å². The predicted molar refractivity (Wildman–Crippen MR) is 501 cm³/mol. The summed E-state index contributed by atoms with van der Waals surface area (Å²) in [6.45, 7) is 0. The van der Waals surface area contributed by atoms with Gasteiger partial charge in [-0.05, 0) is 152 Å². The number of hydrogen-bond donors (Lipinski definition) is 0. The zero-order valence-corrected chi connectivity index (χ0v) is 65.9. The first-order valence-corrected chi connectivity index (χ1v) is 42.8. The first kappa shape index (κ1) is 65.9. The fourth-order valence-electron chi connectivity index (χ4n) is 18.8. The minimum absolute atomic E-state index is 0.633. The van der Waals surface area contributed by atoms with Gasteiger partial charge in [0.15, 0.2) is 0 Å². The van der Waals surface area contributed by atoms with Crippen LogP contribution in [0, 0.1) is 0 Å². The van der Waals surface area contributed by atoms with Crippen molar-refractivity contribution in [3.63, 3.8) is 0 Å². The fourth-order valence-corrected chi connectivity index (χ4v) is 23.3. The van der Waals surface area contributed by atoms with E-state index in [1.54, 1.807) is 22.7 Å². The standard InChI is InChI=1S/C56H31N3OS2.C50H27N3OS2/c1-2-12-32(13-3-1)33-22-24-34(25-23-33)52-55-53(40-18-8-11-21-48(40)62-55)58-56(57-52)59-44-19-9-6-17-39(44)51-45(59)28-27-41-50-38-16-5-4-14-36(38)42(31-46(50)60-54(41)51)35-26-29-49-43(30-35)37-15-7-10-20-47(37)61-49;1-2-12-28(13-3-1)46-49-47(34-18-8-11-21-42(34)56-49)52-50(51-46)53-38-19-9-6-17-33(38)45-39(53)24-23-35-44-32-16-5-4-14-30(32)36(27-40(44)54-48(35)45)29-22-25-43-37(26-29)31-15-7-10-20-41(31)55-43/h1-31H;1-27H. The number of benzene rings is 17. The van der Waals surface area contributed by atoms with Crippen molar-refractivity contribution in [3.05, 3.63) is 352 Å². The number of furan rings is 2. The number of rotatable bonds is 7. The molecule has 0 saturated heterocycles. The number of thiophene rings is 4. The molecule has 8 nitrogen and oxygen atoms in total. The highest BCUT2D eigenvalue weighted by Crippen LogP contribution is 2.51. The van der Waals surface area contributed by atoms with E-state index in [0.29, 0.717) is 11.9 Å². The number of hydrogen-bond acceptors (Lipinski definition) is 10. The van der Waals surface area contributed by atoms with Crippen molar-refractivity contribution < 1.29 is 8.83 Å². The third kappa shape index (κ3) is 9.80. The molecule has 118 heavy (non-hydrogen) atoms. The van der Waals surface area contributed by atoms with E-state index in [-0.39, 0.29) is 0 Å². The molecule has 10 aromatic heterocycles. The van der Waals surface area contributed by atoms with Crippen LogP contribution >= 0.6 is 45.3 Å². The topological polar surface area (TPSA) is 87.7 Å². The van der Waals surface area contributed by atoms with Gasteiger partial charge in [-0.3, -0.25) is 9.13 Å². The van der Waals surface area contributed by atoms with E-state index in [9.17, 15) is 0 Å². The lowest BCUT2D eigenvalue weighted by Crippen LogP contribution is -2.02. The van der Waals surface area contributed by atoms with Crippen molar-refractivity contribution in [3.8, 4) is 67.8 Å². The van der Waals surface area contributed by atoms with Gasteiger partial charge in [-0.15, -0.1) is 45.3 Å². The van der Waals surface area contributed by atoms with E-state index in [4.69, 9.17) is 28.8 Å². The molecule has 0 spiro atoms. The Labute approximate surface area is 687 Å². The van der Waals surface area contributed by atoms with E-state index >= 15 is 0 Å². The monoisotopic (exact) mass is 1570 g/mol. The van der Waals surface area contributed by atoms with Crippen LogP contribution < -0.4 is 0 Å². The van der Waals surface area contributed by atoms with E-state index in [2.05, 4.69) is 361 Å². The second-order valence-corrected chi connectivity index (χ2v) is 34.8. The molecular formula is C106H58N6O2S4. The summed E-state index contributed by atoms with van der Waals surface area (Å²) >= 11 is 7.20. The van der Waals surface area contributed by atoms with Gasteiger partial charge in [0.05, 0.1) is 64.7 Å². The molecule has 12 heteroatoms. The lowest BCUT2D eigenvalue weighted by molar-refractivity contribution is 0.673. The number of para-hydroxylation sites is 2. The Hall–Kier alpha value is -14.5. The lowest BCUT2D eigenvalue weighted by Gasteiger charge is -2.11. The van der Waals surface area contributed by atoms with Crippen molar-refractivity contribution in [1.29, 1.82) is 0 Å². The van der Waals surface area contributed by atoms with E-state index in [0.717, 1.165) is 147 Å². The first-order valence-electron chi connectivity index (χ1n) is 39.5. The Morgan fingerprint density at radius 1 is 0.212 bits per heavy atom. The van der Waals surface area contributed by atoms with Crippen LogP contribution in [0.15, 0.2) is 361 Å². The molecule has 17 aromatic carbocycles. The molecular weight excluding hydrogens is 1520 g/mol. The molecule has 0 aliphatic carbocycles. The molecule has 0 aliphatic rings. The maximum absolute atomic E-state index is 7.14. The molecule has 0 radical (unpaired) electrons. The van der Waals surface area contributed by atoms with Crippen LogP contribution in [0.1, 0.15) is 0 Å². The fraction of sp³-hybridized carbons (Fsp3) is 0. The molecule has 0 fully saturated rings. The second kappa shape index (κ2) is 25.5. The lowest BCUT2D eigenvalue weighted by atomic mass is 9.94. The zero-order chi connectivity index (χ0) is 77.0. The van der Waals surface area contributed by atoms with E-state index in [1.165, 1.54) is 99.1 Å². The van der Waals surface area contributed by atoms with Gasteiger partial charge in [0.25, 0.3) is 0 Å². The molecule has 0 amide bonds. The van der Waals surface area contributed by atoms with Crippen molar-refractivity contribution in [2.24, 2.45) is 0 Å². The van der Waals surface area contributed by atoms with Crippen LogP contribution in [-0.2, 0) is 0 Å². The summed E-state index contributed by atoms with van der Waals surface area (Å²) in [5, 5.41) is 21.0. The summed E-state index contributed by atoms with van der Waals surface area (Å²) in [4.78, 5) is 21.7. The Morgan fingerprint density at radius 2 is 0.551 bits per heavy atom. The minimum atomic E-state index is 0.633.